The van der Waals surface area contributed by atoms with Crippen molar-refractivity contribution in [2.45, 2.75) is 13.5 Å². The monoisotopic (exact) mass is 306 g/mol. The number of benzene rings is 1. The molecule has 2 heterocycles. The molecule has 1 aromatic carbocycles. The van der Waals surface area contributed by atoms with Crippen molar-refractivity contribution in [3.05, 3.63) is 59.0 Å². The summed E-state index contributed by atoms with van der Waals surface area (Å²) >= 11 is 0. The van der Waals surface area contributed by atoms with Gasteiger partial charge in [-0.1, -0.05) is 0 Å². The number of hydrogen-bond acceptors (Lipinski definition) is 4. The summed E-state index contributed by atoms with van der Waals surface area (Å²) in [4.78, 5) is 15.3. The summed E-state index contributed by atoms with van der Waals surface area (Å²) in [6.07, 6.45) is 5.35. The third-order valence-electron chi connectivity index (χ3n) is 3.10. The van der Waals surface area contributed by atoms with Gasteiger partial charge in [0, 0.05) is 29.9 Å². The third-order valence-corrected chi connectivity index (χ3v) is 3.10. The van der Waals surface area contributed by atoms with Crippen molar-refractivity contribution in [2.75, 3.05) is 6.61 Å². The summed E-state index contributed by atoms with van der Waals surface area (Å²) in [6, 6.07) is 7.02. The Hall–Kier alpha value is -2.27. The number of aromatic nitrogens is 2. The smallest absolute Gasteiger partial charge is 0.336 e. The number of nitrogens with zero attached hydrogens (tertiary/aromatic N) is 2. The molecular formula is C15H15ClN2O3. The molecule has 0 bridgehead atoms. The summed E-state index contributed by atoms with van der Waals surface area (Å²) in [6.45, 7) is 3.13. The van der Waals surface area contributed by atoms with Gasteiger partial charge >= 0.3 is 5.63 Å². The fraction of sp³-hybridized carbons (Fsp3) is 0.200. The van der Waals surface area contributed by atoms with E-state index in [1.54, 1.807) is 18.6 Å². The molecule has 0 aliphatic rings. The Kier molecular flexibility index (Phi) is 4.65. The largest absolute Gasteiger partial charge is 0.492 e. The number of imidazole rings is 1. The van der Waals surface area contributed by atoms with Crippen LogP contribution in [0.15, 0.2) is 52.2 Å². The minimum Gasteiger partial charge on any atom is -0.492 e. The van der Waals surface area contributed by atoms with Crippen LogP contribution in [0.1, 0.15) is 5.56 Å². The van der Waals surface area contributed by atoms with Crippen LogP contribution in [0.25, 0.3) is 11.0 Å². The van der Waals surface area contributed by atoms with Gasteiger partial charge in [-0.25, -0.2) is 9.78 Å². The van der Waals surface area contributed by atoms with Gasteiger partial charge in [0.1, 0.15) is 17.9 Å². The molecule has 0 fully saturated rings. The van der Waals surface area contributed by atoms with E-state index in [1.165, 1.54) is 6.07 Å². The highest BCUT2D eigenvalue weighted by Crippen LogP contribution is 2.22. The average Bonchev–Trinajstić information content (AvgIpc) is 2.91. The lowest BCUT2D eigenvalue weighted by Crippen LogP contribution is -2.06. The zero-order chi connectivity index (χ0) is 13.9. The third kappa shape index (κ3) is 3.44. The number of aryl methyl sites for hydroxylation is 1. The SMILES string of the molecule is Cc1cc(=O)oc2cc(OCCn3ccnc3)ccc12.Cl. The van der Waals surface area contributed by atoms with E-state index in [0.717, 1.165) is 17.5 Å². The molecule has 0 radical (unpaired) electrons. The lowest BCUT2D eigenvalue weighted by Gasteiger charge is -2.08. The van der Waals surface area contributed by atoms with Crippen molar-refractivity contribution in [2.24, 2.45) is 0 Å². The van der Waals surface area contributed by atoms with Gasteiger partial charge in [0.05, 0.1) is 12.9 Å². The van der Waals surface area contributed by atoms with Crippen molar-refractivity contribution < 1.29 is 9.15 Å². The highest BCUT2D eigenvalue weighted by atomic mass is 35.5. The van der Waals surface area contributed by atoms with Crippen LogP contribution < -0.4 is 10.4 Å². The number of hydrogen-bond donors (Lipinski definition) is 0. The van der Waals surface area contributed by atoms with Crippen LogP contribution >= 0.6 is 12.4 Å². The minimum atomic E-state index is -0.342. The van der Waals surface area contributed by atoms with Crippen LogP contribution in [0.2, 0.25) is 0 Å². The van der Waals surface area contributed by atoms with E-state index in [4.69, 9.17) is 9.15 Å². The van der Waals surface area contributed by atoms with Gasteiger partial charge in [0.25, 0.3) is 0 Å². The maximum absolute atomic E-state index is 11.4. The lowest BCUT2D eigenvalue weighted by molar-refractivity contribution is 0.298. The Morgan fingerprint density at radius 2 is 2.19 bits per heavy atom. The van der Waals surface area contributed by atoms with Gasteiger partial charge in [-0.05, 0) is 24.6 Å². The first-order chi connectivity index (χ1) is 9.72. The van der Waals surface area contributed by atoms with Gasteiger partial charge in [0.2, 0.25) is 0 Å². The molecule has 6 heteroatoms. The van der Waals surface area contributed by atoms with E-state index in [-0.39, 0.29) is 18.0 Å². The summed E-state index contributed by atoms with van der Waals surface area (Å²) < 4.78 is 12.8. The standard InChI is InChI=1S/C15H14N2O3.ClH/c1-11-8-15(18)20-14-9-12(2-3-13(11)14)19-7-6-17-5-4-16-10-17;/h2-5,8-10H,6-7H2,1H3;1H. The highest BCUT2D eigenvalue weighted by Gasteiger charge is 2.04. The Labute approximate surface area is 127 Å². The van der Waals surface area contributed by atoms with Gasteiger partial charge in [-0.2, -0.15) is 0 Å². The van der Waals surface area contributed by atoms with E-state index in [2.05, 4.69) is 4.98 Å². The first-order valence-corrected chi connectivity index (χ1v) is 6.35. The van der Waals surface area contributed by atoms with Gasteiger partial charge in [-0.3, -0.25) is 0 Å². The summed E-state index contributed by atoms with van der Waals surface area (Å²) in [5, 5.41) is 0.923. The molecule has 5 nitrogen and oxygen atoms in total. The van der Waals surface area contributed by atoms with Crippen LogP contribution in [0.5, 0.6) is 5.75 Å². The van der Waals surface area contributed by atoms with E-state index >= 15 is 0 Å². The van der Waals surface area contributed by atoms with Crippen molar-refractivity contribution in [3.63, 3.8) is 0 Å². The van der Waals surface area contributed by atoms with Gasteiger partial charge < -0.3 is 13.7 Å². The number of ether oxygens (including phenoxy) is 1. The van der Waals surface area contributed by atoms with Crippen LogP contribution in [0, 0.1) is 6.92 Å². The van der Waals surface area contributed by atoms with Gasteiger partial charge in [-0.15, -0.1) is 12.4 Å². The topological polar surface area (TPSA) is 57.3 Å². The Morgan fingerprint density at radius 1 is 1.33 bits per heavy atom. The molecule has 3 aromatic rings. The zero-order valence-electron chi connectivity index (χ0n) is 11.5. The van der Waals surface area contributed by atoms with Crippen molar-refractivity contribution >= 4 is 23.4 Å². The molecule has 0 spiro atoms. The maximum atomic E-state index is 11.4. The van der Waals surface area contributed by atoms with Crippen LogP contribution in [-0.2, 0) is 6.54 Å². The highest BCUT2D eigenvalue weighted by molar-refractivity contribution is 5.85. The van der Waals surface area contributed by atoms with Crippen LogP contribution in [0.4, 0.5) is 0 Å². The fourth-order valence-corrected chi connectivity index (χ4v) is 2.08. The summed E-state index contributed by atoms with van der Waals surface area (Å²) in [5.41, 5.74) is 1.11. The number of halogens is 1. The Bertz CT molecular complexity index is 781. The van der Waals surface area contributed by atoms with Crippen LogP contribution in [-0.4, -0.2) is 16.2 Å². The number of rotatable bonds is 4. The molecule has 3 rings (SSSR count). The van der Waals surface area contributed by atoms with Crippen molar-refractivity contribution in [1.82, 2.24) is 9.55 Å². The molecule has 0 saturated heterocycles. The fourth-order valence-electron chi connectivity index (χ4n) is 2.08. The molecule has 0 unspecified atom stereocenters. The molecule has 0 saturated carbocycles. The minimum absolute atomic E-state index is 0. The first kappa shape index (κ1) is 15.1. The van der Waals surface area contributed by atoms with E-state index in [1.807, 2.05) is 29.8 Å². The van der Waals surface area contributed by atoms with Crippen molar-refractivity contribution in [3.8, 4) is 5.75 Å². The predicted octanol–water partition coefficient (Wildman–Crippen LogP) is 2.80. The maximum Gasteiger partial charge on any atom is 0.336 e. The number of fused-ring (bicyclic) bond motifs is 1. The molecule has 0 aliphatic carbocycles. The second kappa shape index (κ2) is 6.45. The molecule has 110 valence electrons. The van der Waals surface area contributed by atoms with E-state index in [9.17, 15) is 4.79 Å². The first-order valence-electron chi connectivity index (χ1n) is 6.35. The van der Waals surface area contributed by atoms with Crippen LogP contribution in [0.3, 0.4) is 0 Å². The second-order valence-electron chi connectivity index (χ2n) is 4.56. The predicted molar refractivity (Wildman–Crippen MR) is 82.2 cm³/mol. The Balaban J connectivity index is 0.00000161. The zero-order valence-corrected chi connectivity index (χ0v) is 12.3. The quantitative estimate of drug-likeness (QED) is 0.696. The molecule has 0 amide bonds. The molecule has 2 aromatic heterocycles. The normalized spacial score (nSPS) is 10.3. The molecule has 0 aliphatic heterocycles. The molecule has 0 N–H and O–H groups in total. The lowest BCUT2D eigenvalue weighted by atomic mass is 10.1. The van der Waals surface area contributed by atoms with Gasteiger partial charge in [0.15, 0.2) is 0 Å². The second-order valence-corrected chi connectivity index (χ2v) is 4.56. The summed E-state index contributed by atoms with van der Waals surface area (Å²) in [5.74, 6) is 0.686. The average molecular weight is 307 g/mol. The molecule has 0 atom stereocenters. The van der Waals surface area contributed by atoms with E-state index < -0.39 is 0 Å². The van der Waals surface area contributed by atoms with E-state index in [0.29, 0.717) is 17.9 Å². The molecular weight excluding hydrogens is 292 g/mol. The Morgan fingerprint density at radius 3 is 2.95 bits per heavy atom. The summed E-state index contributed by atoms with van der Waals surface area (Å²) in [7, 11) is 0. The van der Waals surface area contributed by atoms with Crippen molar-refractivity contribution in [1.29, 1.82) is 0 Å². The molecule has 21 heavy (non-hydrogen) atoms.